The van der Waals surface area contributed by atoms with Crippen LogP contribution in [0.2, 0.25) is 10.0 Å². The molecule has 1 aromatic carbocycles. The molecule has 0 radical (unpaired) electrons. The summed E-state index contributed by atoms with van der Waals surface area (Å²) >= 11 is 14.9. The molecule has 0 spiro atoms. The third kappa shape index (κ3) is 3.51. The number of nitrogens with zero attached hydrogens (tertiary/aromatic N) is 2. The van der Waals surface area contributed by atoms with Crippen LogP contribution in [0.4, 0.5) is 5.13 Å². The van der Waals surface area contributed by atoms with Crippen LogP contribution in [0.1, 0.15) is 17.9 Å². The standard InChI is InChI=1S/C13H11Cl2N3OS2/c1-20-13-18-17-12(21-13)16-11(19)10-5-9(10)6-2-7(14)4-8(15)3-6/h2-4,9-10H,5H2,1H3,(H,16,17,19). The molecule has 2 atom stereocenters. The Hall–Kier alpha value is -0.820. The summed E-state index contributed by atoms with van der Waals surface area (Å²) in [6, 6.07) is 5.42. The molecule has 1 N–H and O–H groups in total. The first kappa shape index (κ1) is 15.1. The van der Waals surface area contributed by atoms with E-state index >= 15 is 0 Å². The van der Waals surface area contributed by atoms with Crippen molar-refractivity contribution >= 4 is 57.3 Å². The second-order valence-electron chi connectivity index (χ2n) is 4.72. The number of anilines is 1. The van der Waals surface area contributed by atoms with Crippen molar-refractivity contribution in [3.8, 4) is 0 Å². The smallest absolute Gasteiger partial charge is 0.229 e. The molecule has 1 saturated carbocycles. The lowest BCUT2D eigenvalue weighted by molar-refractivity contribution is -0.117. The van der Waals surface area contributed by atoms with Crippen LogP contribution in [0.25, 0.3) is 0 Å². The van der Waals surface area contributed by atoms with Crippen LogP contribution in [0.5, 0.6) is 0 Å². The summed E-state index contributed by atoms with van der Waals surface area (Å²) in [6.45, 7) is 0. The fraction of sp³-hybridized carbons (Fsp3) is 0.308. The molecule has 1 aromatic heterocycles. The number of benzene rings is 1. The van der Waals surface area contributed by atoms with Gasteiger partial charge in [0.15, 0.2) is 4.34 Å². The highest BCUT2D eigenvalue weighted by atomic mass is 35.5. The van der Waals surface area contributed by atoms with Gasteiger partial charge in [0.25, 0.3) is 0 Å². The van der Waals surface area contributed by atoms with Gasteiger partial charge >= 0.3 is 0 Å². The molecule has 4 nitrogen and oxygen atoms in total. The minimum Gasteiger partial charge on any atom is -0.300 e. The third-order valence-electron chi connectivity index (χ3n) is 3.25. The molecule has 0 aliphatic heterocycles. The van der Waals surface area contributed by atoms with Crippen LogP contribution in [-0.2, 0) is 4.79 Å². The lowest BCUT2D eigenvalue weighted by atomic mass is 10.1. The van der Waals surface area contributed by atoms with E-state index in [1.165, 1.54) is 23.1 Å². The van der Waals surface area contributed by atoms with Gasteiger partial charge in [0, 0.05) is 16.0 Å². The summed E-state index contributed by atoms with van der Waals surface area (Å²) in [5, 5.41) is 12.4. The Bertz CT molecular complexity index is 672. The number of hydrogen-bond donors (Lipinski definition) is 1. The minimum atomic E-state index is -0.0545. The van der Waals surface area contributed by atoms with Crippen LogP contribution in [-0.4, -0.2) is 22.4 Å². The zero-order valence-corrected chi connectivity index (χ0v) is 14.1. The van der Waals surface area contributed by atoms with E-state index in [0.717, 1.165) is 16.3 Å². The van der Waals surface area contributed by atoms with E-state index in [0.29, 0.717) is 15.2 Å². The number of nitrogens with one attached hydrogen (secondary N) is 1. The van der Waals surface area contributed by atoms with Gasteiger partial charge in [-0.1, -0.05) is 46.3 Å². The molecule has 2 aromatic rings. The van der Waals surface area contributed by atoms with Crippen LogP contribution in [0, 0.1) is 5.92 Å². The van der Waals surface area contributed by atoms with E-state index in [2.05, 4.69) is 15.5 Å². The molecular weight excluding hydrogens is 349 g/mol. The van der Waals surface area contributed by atoms with E-state index in [1.54, 1.807) is 6.07 Å². The van der Waals surface area contributed by atoms with Crippen molar-refractivity contribution in [3.05, 3.63) is 33.8 Å². The maximum atomic E-state index is 12.2. The molecule has 1 fully saturated rings. The summed E-state index contributed by atoms with van der Waals surface area (Å²) in [7, 11) is 0. The average molecular weight is 360 g/mol. The highest BCUT2D eigenvalue weighted by Crippen LogP contribution is 2.49. The fourth-order valence-corrected chi connectivity index (χ4v) is 3.90. The van der Waals surface area contributed by atoms with E-state index in [1.807, 2.05) is 18.4 Å². The van der Waals surface area contributed by atoms with Crippen molar-refractivity contribution in [3.63, 3.8) is 0 Å². The topological polar surface area (TPSA) is 54.9 Å². The van der Waals surface area contributed by atoms with Gasteiger partial charge in [-0.05, 0) is 42.4 Å². The molecule has 1 aliphatic carbocycles. The molecule has 0 bridgehead atoms. The normalized spacial score (nSPS) is 20.3. The molecule has 1 aliphatic rings. The Kier molecular flexibility index (Phi) is 4.40. The van der Waals surface area contributed by atoms with Crippen molar-refractivity contribution in [1.82, 2.24) is 10.2 Å². The number of aromatic nitrogens is 2. The van der Waals surface area contributed by atoms with Gasteiger partial charge < -0.3 is 5.32 Å². The Morgan fingerprint density at radius 1 is 1.33 bits per heavy atom. The van der Waals surface area contributed by atoms with Crippen LogP contribution in [0.3, 0.4) is 0 Å². The van der Waals surface area contributed by atoms with E-state index < -0.39 is 0 Å². The summed E-state index contributed by atoms with van der Waals surface area (Å²) < 4.78 is 0.833. The number of hydrogen-bond acceptors (Lipinski definition) is 5. The van der Waals surface area contributed by atoms with Gasteiger partial charge in [-0.25, -0.2) is 0 Å². The summed E-state index contributed by atoms with van der Waals surface area (Å²) in [5.74, 6) is 0.0928. The molecule has 0 saturated heterocycles. The number of thioether (sulfide) groups is 1. The Balaban J connectivity index is 1.65. The van der Waals surface area contributed by atoms with Gasteiger partial charge in [0.1, 0.15) is 0 Å². The maximum Gasteiger partial charge on any atom is 0.229 e. The van der Waals surface area contributed by atoms with E-state index in [4.69, 9.17) is 23.2 Å². The maximum absolute atomic E-state index is 12.2. The monoisotopic (exact) mass is 359 g/mol. The van der Waals surface area contributed by atoms with Gasteiger partial charge in [0.05, 0.1) is 0 Å². The molecule has 1 heterocycles. The fourth-order valence-electron chi connectivity index (χ4n) is 2.18. The molecule has 3 rings (SSSR count). The molecule has 110 valence electrons. The quantitative estimate of drug-likeness (QED) is 0.652. The Morgan fingerprint density at radius 2 is 2.05 bits per heavy atom. The van der Waals surface area contributed by atoms with Crippen molar-refractivity contribution < 1.29 is 4.79 Å². The average Bonchev–Trinajstić information content (AvgIpc) is 3.12. The lowest BCUT2D eigenvalue weighted by Crippen LogP contribution is -2.14. The van der Waals surface area contributed by atoms with Gasteiger partial charge in [-0.15, -0.1) is 10.2 Å². The van der Waals surface area contributed by atoms with Crippen molar-refractivity contribution in [2.75, 3.05) is 11.6 Å². The van der Waals surface area contributed by atoms with Crippen LogP contribution < -0.4 is 5.32 Å². The Labute approximate surface area is 140 Å². The Morgan fingerprint density at radius 3 is 2.67 bits per heavy atom. The first-order valence-corrected chi connectivity index (χ1v) is 9.01. The SMILES string of the molecule is CSc1nnc(NC(=O)C2CC2c2cc(Cl)cc(Cl)c2)s1. The van der Waals surface area contributed by atoms with Crippen molar-refractivity contribution in [2.24, 2.45) is 5.92 Å². The number of amides is 1. The predicted molar refractivity (Wildman–Crippen MR) is 87.6 cm³/mol. The minimum absolute atomic E-state index is 0.0279. The second kappa shape index (κ2) is 6.12. The van der Waals surface area contributed by atoms with Crippen LogP contribution in [0.15, 0.2) is 22.5 Å². The zero-order chi connectivity index (χ0) is 15.0. The van der Waals surface area contributed by atoms with Gasteiger partial charge in [0.2, 0.25) is 11.0 Å². The van der Waals surface area contributed by atoms with Gasteiger partial charge in [-0.2, -0.15) is 0 Å². The second-order valence-corrected chi connectivity index (χ2v) is 7.62. The predicted octanol–water partition coefficient (Wildman–Crippen LogP) is 4.31. The first-order valence-electron chi connectivity index (χ1n) is 6.21. The van der Waals surface area contributed by atoms with Crippen molar-refractivity contribution in [1.29, 1.82) is 0 Å². The van der Waals surface area contributed by atoms with Crippen LogP contribution >= 0.6 is 46.3 Å². The van der Waals surface area contributed by atoms with Gasteiger partial charge in [-0.3, -0.25) is 4.79 Å². The van der Waals surface area contributed by atoms with E-state index in [9.17, 15) is 4.79 Å². The van der Waals surface area contributed by atoms with E-state index in [-0.39, 0.29) is 17.7 Å². The molecule has 8 heteroatoms. The highest BCUT2D eigenvalue weighted by molar-refractivity contribution is 8.00. The number of rotatable bonds is 4. The zero-order valence-electron chi connectivity index (χ0n) is 11.0. The number of carbonyl (C=O) groups excluding carboxylic acids is 1. The summed E-state index contributed by atoms with van der Waals surface area (Å²) in [6.07, 6.45) is 2.72. The summed E-state index contributed by atoms with van der Waals surface area (Å²) in [5.41, 5.74) is 1.01. The number of halogens is 2. The molecule has 2 unspecified atom stereocenters. The molecular formula is C13H11Cl2N3OS2. The lowest BCUT2D eigenvalue weighted by Gasteiger charge is -2.03. The molecule has 21 heavy (non-hydrogen) atoms. The molecule has 1 amide bonds. The summed E-state index contributed by atoms with van der Waals surface area (Å²) in [4.78, 5) is 12.2. The largest absolute Gasteiger partial charge is 0.300 e. The highest BCUT2D eigenvalue weighted by Gasteiger charge is 2.44. The first-order chi connectivity index (χ1) is 10.1. The number of carbonyl (C=O) groups is 1. The van der Waals surface area contributed by atoms with Crippen molar-refractivity contribution in [2.45, 2.75) is 16.7 Å². The third-order valence-corrected chi connectivity index (χ3v) is 5.50.